The monoisotopic (exact) mass is 380 g/mol. The van der Waals surface area contributed by atoms with Crippen LogP contribution in [0.25, 0.3) is 17.0 Å². The maximum Gasteiger partial charge on any atom is 0.261 e. The Morgan fingerprint density at radius 1 is 1.25 bits per heavy atom. The van der Waals surface area contributed by atoms with Crippen molar-refractivity contribution in [1.29, 1.82) is 0 Å². The molecule has 28 heavy (non-hydrogen) atoms. The molecule has 0 aliphatic heterocycles. The van der Waals surface area contributed by atoms with Crippen molar-refractivity contribution in [1.82, 2.24) is 9.55 Å². The fourth-order valence-corrected chi connectivity index (χ4v) is 3.05. The zero-order valence-corrected chi connectivity index (χ0v) is 15.6. The molecule has 0 saturated carbocycles. The second-order valence-electron chi connectivity index (χ2n) is 6.42. The van der Waals surface area contributed by atoms with E-state index in [9.17, 15) is 14.0 Å². The lowest BCUT2D eigenvalue weighted by atomic mass is 10.1. The molecule has 0 atom stereocenters. The largest absolute Gasteiger partial charge is 0.388 e. The highest BCUT2D eigenvalue weighted by Crippen LogP contribution is 2.18. The zero-order valence-electron chi connectivity index (χ0n) is 15.6. The van der Waals surface area contributed by atoms with Gasteiger partial charge in [0.15, 0.2) is 5.78 Å². The molecule has 0 bridgehead atoms. The van der Waals surface area contributed by atoms with E-state index in [0.717, 1.165) is 17.7 Å². The van der Waals surface area contributed by atoms with Crippen LogP contribution in [0, 0.1) is 5.82 Å². The Balaban J connectivity index is 2.02. The molecule has 2 aromatic carbocycles. The van der Waals surface area contributed by atoms with Crippen molar-refractivity contribution in [2.75, 3.05) is 6.61 Å². The van der Waals surface area contributed by atoms with Gasteiger partial charge in [-0.25, -0.2) is 9.37 Å². The number of aliphatic hydroxyl groups excluding tert-OH is 1. The van der Waals surface area contributed by atoms with Crippen LogP contribution in [0.2, 0.25) is 0 Å². The molecule has 0 amide bonds. The van der Waals surface area contributed by atoms with Crippen molar-refractivity contribution in [2.24, 2.45) is 0 Å². The SMILES string of the molecule is CCc1nc2cc(/C=C/C(=O)CO)c(F)cc2c(=O)n1CCc1ccccc1. The van der Waals surface area contributed by atoms with Gasteiger partial charge in [-0.2, -0.15) is 0 Å². The first-order valence-corrected chi connectivity index (χ1v) is 9.12. The van der Waals surface area contributed by atoms with Crippen molar-refractivity contribution in [2.45, 2.75) is 26.3 Å². The standard InChI is InChI=1S/C22H21FN2O3/c1-2-21-24-20-12-16(8-9-17(27)14-26)19(23)13-18(20)22(28)25(21)11-10-15-6-4-3-5-7-15/h3-9,12-13,26H,2,10-11,14H2,1H3/b9-8+. The number of carbonyl (C=O) groups is 1. The molecular weight excluding hydrogens is 359 g/mol. The average molecular weight is 380 g/mol. The van der Waals surface area contributed by atoms with E-state index in [0.29, 0.717) is 30.7 Å². The van der Waals surface area contributed by atoms with Gasteiger partial charge in [0, 0.05) is 18.5 Å². The third-order valence-electron chi connectivity index (χ3n) is 4.54. The Morgan fingerprint density at radius 3 is 2.68 bits per heavy atom. The molecule has 0 unspecified atom stereocenters. The fourth-order valence-electron chi connectivity index (χ4n) is 3.05. The minimum absolute atomic E-state index is 0.144. The Morgan fingerprint density at radius 2 is 2.00 bits per heavy atom. The van der Waals surface area contributed by atoms with Gasteiger partial charge in [-0.05, 0) is 36.3 Å². The topological polar surface area (TPSA) is 72.2 Å². The maximum atomic E-state index is 14.4. The fraction of sp³-hybridized carbons (Fsp3) is 0.227. The number of halogens is 1. The summed E-state index contributed by atoms with van der Waals surface area (Å²) in [5.41, 5.74) is 1.36. The van der Waals surface area contributed by atoms with Gasteiger partial charge in [-0.1, -0.05) is 37.3 Å². The van der Waals surface area contributed by atoms with Crippen LogP contribution in [-0.2, 0) is 24.2 Å². The summed E-state index contributed by atoms with van der Waals surface area (Å²) in [6.07, 6.45) is 3.62. The van der Waals surface area contributed by atoms with Crippen molar-refractivity contribution >= 4 is 22.8 Å². The van der Waals surface area contributed by atoms with Gasteiger partial charge >= 0.3 is 0 Å². The van der Waals surface area contributed by atoms with Gasteiger partial charge < -0.3 is 5.11 Å². The number of fused-ring (bicyclic) bond motifs is 1. The van der Waals surface area contributed by atoms with Crippen LogP contribution >= 0.6 is 0 Å². The number of ketones is 1. The van der Waals surface area contributed by atoms with E-state index in [1.807, 2.05) is 37.3 Å². The summed E-state index contributed by atoms with van der Waals surface area (Å²) in [6.45, 7) is 1.73. The molecule has 0 spiro atoms. The summed E-state index contributed by atoms with van der Waals surface area (Å²) in [5, 5.41) is 8.97. The highest BCUT2D eigenvalue weighted by atomic mass is 19.1. The third-order valence-corrected chi connectivity index (χ3v) is 4.54. The van der Waals surface area contributed by atoms with Crippen molar-refractivity contribution < 1.29 is 14.3 Å². The molecule has 3 rings (SSSR count). The zero-order chi connectivity index (χ0) is 20.1. The Bertz CT molecular complexity index is 1090. The van der Waals surface area contributed by atoms with Crippen LogP contribution in [0.15, 0.2) is 53.3 Å². The number of aryl methyl sites for hydroxylation is 2. The molecule has 1 heterocycles. The van der Waals surface area contributed by atoms with Gasteiger partial charge in [0.2, 0.25) is 0 Å². The van der Waals surface area contributed by atoms with Gasteiger partial charge in [-0.15, -0.1) is 0 Å². The molecule has 0 radical (unpaired) electrons. The second kappa shape index (κ2) is 8.71. The number of rotatable bonds is 7. The average Bonchev–Trinajstić information content (AvgIpc) is 2.72. The highest BCUT2D eigenvalue weighted by Gasteiger charge is 2.13. The molecule has 6 heteroatoms. The molecule has 5 nitrogen and oxygen atoms in total. The smallest absolute Gasteiger partial charge is 0.261 e. The van der Waals surface area contributed by atoms with E-state index in [1.165, 1.54) is 12.1 Å². The van der Waals surface area contributed by atoms with Crippen molar-refractivity contribution in [3.8, 4) is 0 Å². The molecule has 3 aromatic rings. The van der Waals surface area contributed by atoms with E-state index in [-0.39, 0.29) is 16.5 Å². The first kappa shape index (κ1) is 19.6. The van der Waals surface area contributed by atoms with E-state index >= 15 is 0 Å². The summed E-state index contributed by atoms with van der Waals surface area (Å²) >= 11 is 0. The van der Waals surface area contributed by atoms with E-state index in [1.54, 1.807) is 4.57 Å². The number of aromatic nitrogens is 2. The van der Waals surface area contributed by atoms with Crippen LogP contribution in [-0.4, -0.2) is 27.0 Å². The molecule has 0 aliphatic rings. The van der Waals surface area contributed by atoms with Gasteiger partial charge in [0.1, 0.15) is 18.2 Å². The maximum absolute atomic E-state index is 14.4. The van der Waals surface area contributed by atoms with Gasteiger partial charge in [-0.3, -0.25) is 14.2 Å². The summed E-state index contributed by atoms with van der Waals surface area (Å²) in [6, 6.07) is 12.4. The molecular formula is C22H21FN2O3. The van der Waals surface area contributed by atoms with Crippen LogP contribution in [0.4, 0.5) is 4.39 Å². The van der Waals surface area contributed by atoms with E-state index in [2.05, 4.69) is 4.98 Å². The first-order valence-electron chi connectivity index (χ1n) is 9.12. The molecule has 0 saturated heterocycles. The summed E-state index contributed by atoms with van der Waals surface area (Å²) in [4.78, 5) is 28.7. The Hall–Kier alpha value is -3.12. The predicted octanol–water partition coefficient (Wildman–Crippen LogP) is 2.92. The number of aliphatic hydroxyl groups is 1. The van der Waals surface area contributed by atoms with Crippen molar-refractivity contribution in [3.63, 3.8) is 0 Å². The minimum Gasteiger partial charge on any atom is -0.388 e. The number of hydrogen-bond donors (Lipinski definition) is 1. The lowest BCUT2D eigenvalue weighted by Crippen LogP contribution is -2.26. The number of benzene rings is 2. The summed E-state index contributed by atoms with van der Waals surface area (Å²) < 4.78 is 16.0. The first-order chi connectivity index (χ1) is 13.5. The van der Waals surface area contributed by atoms with Gasteiger partial charge in [0.05, 0.1) is 10.9 Å². The summed E-state index contributed by atoms with van der Waals surface area (Å²) in [7, 11) is 0. The molecule has 0 fully saturated rings. The molecule has 1 aromatic heterocycles. The summed E-state index contributed by atoms with van der Waals surface area (Å²) in [5.74, 6) is -0.522. The Labute approximate surface area is 161 Å². The highest BCUT2D eigenvalue weighted by molar-refractivity contribution is 5.95. The van der Waals surface area contributed by atoms with Gasteiger partial charge in [0.25, 0.3) is 5.56 Å². The van der Waals surface area contributed by atoms with Crippen LogP contribution < -0.4 is 5.56 Å². The minimum atomic E-state index is -0.643. The molecule has 144 valence electrons. The number of carbonyl (C=O) groups excluding carboxylic acids is 1. The second-order valence-corrected chi connectivity index (χ2v) is 6.42. The lowest BCUT2D eigenvalue weighted by Gasteiger charge is -2.13. The third kappa shape index (κ3) is 4.23. The quantitative estimate of drug-likeness (QED) is 0.640. The Kier molecular flexibility index (Phi) is 6.11. The lowest BCUT2D eigenvalue weighted by molar-refractivity contribution is -0.117. The van der Waals surface area contributed by atoms with Crippen LogP contribution in [0.3, 0.4) is 0 Å². The molecule has 0 aliphatic carbocycles. The molecule has 1 N–H and O–H groups in total. The normalized spacial score (nSPS) is 11.4. The van der Waals surface area contributed by atoms with E-state index < -0.39 is 18.2 Å². The van der Waals surface area contributed by atoms with Crippen LogP contribution in [0.5, 0.6) is 0 Å². The number of hydrogen-bond acceptors (Lipinski definition) is 4. The van der Waals surface area contributed by atoms with Crippen LogP contribution in [0.1, 0.15) is 23.9 Å². The number of nitrogens with zero attached hydrogens (tertiary/aromatic N) is 2. The van der Waals surface area contributed by atoms with Crippen molar-refractivity contribution in [3.05, 3.63) is 81.7 Å². The van der Waals surface area contributed by atoms with E-state index in [4.69, 9.17) is 5.11 Å². The predicted molar refractivity (Wildman–Crippen MR) is 107 cm³/mol.